The predicted octanol–water partition coefficient (Wildman–Crippen LogP) is 1.98. The maximum Gasteiger partial charge on any atom is 0.237 e. The number of nitrogens with zero attached hydrogens (tertiary/aromatic N) is 4. The van der Waals surface area contributed by atoms with E-state index in [9.17, 15) is 0 Å². The number of hydrogen-bond donors (Lipinski definition) is 0. The standard InChI is InChI=1S/C13H14N4O/c1-4-5-18-13-10(6-9(2)3)16-11(7-14)12(8-15)17-13/h4,9H,1,5-6H2,2-3H3. The van der Waals surface area contributed by atoms with Crippen LogP contribution in [0.15, 0.2) is 12.7 Å². The SMILES string of the molecule is C=CCOc1nc(C#N)c(C#N)nc1CC(C)C. The highest BCUT2D eigenvalue weighted by atomic mass is 16.5. The van der Waals surface area contributed by atoms with Crippen molar-refractivity contribution in [1.29, 1.82) is 10.5 Å². The molecule has 0 aliphatic carbocycles. The first kappa shape index (κ1) is 13.7. The first-order valence-corrected chi connectivity index (χ1v) is 5.57. The third-order valence-electron chi connectivity index (χ3n) is 2.08. The van der Waals surface area contributed by atoms with Gasteiger partial charge in [-0.1, -0.05) is 26.5 Å². The monoisotopic (exact) mass is 242 g/mol. The summed E-state index contributed by atoms with van der Waals surface area (Å²) in [6.07, 6.45) is 2.23. The van der Waals surface area contributed by atoms with Crippen molar-refractivity contribution in [3.63, 3.8) is 0 Å². The molecule has 0 aliphatic heterocycles. The summed E-state index contributed by atoms with van der Waals surface area (Å²) in [6, 6.07) is 3.71. The number of nitriles is 2. The summed E-state index contributed by atoms with van der Waals surface area (Å²) in [7, 11) is 0. The van der Waals surface area contributed by atoms with E-state index in [0.717, 1.165) is 0 Å². The molecule has 0 N–H and O–H groups in total. The minimum atomic E-state index is -0.0101. The fourth-order valence-electron chi connectivity index (χ4n) is 1.38. The minimum Gasteiger partial charge on any atom is -0.472 e. The molecule has 0 fully saturated rings. The molecule has 0 saturated carbocycles. The van der Waals surface area contributed by atoms with E-state index in [4.69, 9.17) is 15.3 Å². The third-order valence-corrected chi connectivity index (χ3v) is 2.08. The lowest BCUT2D eigenvalue weighted by Crippen LogP contribution is -2.09. The molecule has 0 spiro atoms. The highest BCUT2D eigenvalue weighted by molar-refractivity contribution is 5.39. The van der Waals surface area contributed by atoms with Crippen molar-refractivity contribution in [2.45, 2.75) is 20.3 Å². The second kappa shape index (κ2) is 6.36. The van der Waals surface area contributed by atoms with Gasteiger partial charge in [0.05, 0.1) is 0 Å². The Hall–Kier alpha value is -2.40. The highest BCUT2D eigenvalue weighted by Gasteiger charge is 2.15. The maximum absolute atomic E-state index is 8.91. The van der Waals surface area contributed by atoms with E-state index in [0.29, 0.717) is 23.9 Å². The van der Waals surface area contributed by atoms with Gasteiger partial charge in [-0.15, -0.1) is 0 Å². The van der Waals surface area contributed by atoms with E-state index in [1.54, 1.807) is 6.08 Å². The van der Waals surface area contributed by atoms with Crippen molar-refractivity contribution < 1.29 is 4.74 Å². The van der Waals surface area contributed by atoms with E-state index in [1.807, 2.05) is 26.0 Å². The third kappa shape index (κ3) is 3.29. The van der Waals surface area contributed by atoms with Crippen molar-refractivity contribution in [3.8, 4) is 18.0 Å². The predicted molar refractivity (Wildman–Crippen MR) is 65.7 cm³/mol. The van der Waals surface area contributed by atoms with Gasteiger partial charge >= 0.3 is 0 Å². The van der Waals surface area contributed by atoms with Crippen LogP contribution in [0.2, 0.25) is 0 Å². The van der Waals surface area contributed by atoms with Crippen molar-refractivity contribution in [3.05, 3.63) is 29.7 Å². The van der Waals surface area contributed by atoms with Crippen LogP contribution in [0, 0.1) is 28.6 Å². The Balaban J connectivity index is 3.23. The van der Waals surface area contributed by atoms with Crippen LogP contribution in [0.5, 0.6) is 5.88 Å². The zero-order valence-electron chi connectivity index (χ0n) is 10.5. The molecule has 0 aromatic carbocycles. The first-order chi connectivity index (χ1) is 8.62. The Morgan fingerprint density at radius 2 is 1.89 bits per heavy atom. The molecule has 1 aromatic heterocycles. The average molecular weight is 242 g/mol. The van der Waals surface area contributed by atoms with Crippen LogP contribution in [0.25, 0.3) is 0 Å². The molecule has 5 nitrogen and oxygen atoms in total. The summed E-state index contributed by atoms with van der Waals surface area (Å²) in [6.45, 7) is 7.90. The van der Waals surface area contributed by atoms with Crippen molar-refractivity contribution >= 4 is 0 Å². The molecule has 18 heavy (non-hydrogen) atoms. The van der Waals surface area contributed by atoms with Gasteiger partial charge in [0.1, 0.15) is 24.4 Å². The second-order valence-electron chi connectivity index (χ2n) is 4.09. The van der Waals surface area contributed by atoms with Gasteiger partial charge in [-0.25, -0.2) is 4.98 Å². The van der Waals surface area contributed by atoms with E-state index in [-0.39, 0.29) is 18.0 Å². The molecule has 0 unspecified atom stereocenters. The highest BCUT2D eigenvalue weighted by Crippen LogP contribution is 2.19. The number of hydrogen-bond acceptors (Lipinski definition) is 5. The number of ether oxygens (including phenoxy) is 1. The molecule has 1 aromatic rings. The van der Waals surface area contributed by atoms with Gasteiger partial charge in [-0.05, 0) is 12.3 Å². The molecule has 1 rings (SSSR count). The van der Waals surface area contributed by atoms with E-state index in [1.165, 1.54) is 0 Å². The molecular formula is C13H14N4O. The molecule has 1 heterocycles. The Labute approximate surface area is 106 Å². The fraction of sp³-hybridized carbons (Fsp3) is 0.385. The lowest BCUT2D eigenvalue weighted by Gasteiger charge is -2.10. The van der Waals surface area contributed by atoms with Gasteiger partial charge in [-0.2, -0.15) is 15.5 Å². The Morgan fingerprint density at radius 1 is 1.28 bits per heavy atom. The smallest absolute Gasteiger partial charge is 0.237 e. The summed E-state index contributed by atoms with van der Waals surface area (Å²) < 4.78 is 5.38. The minimum absolute atomic E-state index is 0.0101. The Morgan fingerprint density at radius 3 is 2.39 bits per heavy atom. The summed E-state index contributed by atoms with van der Waals surface area (Å²) in [5.74, 6) is 0.656. The number of aromatic nitrogens is 2. The van der Waals surface area contributed by atoms with Crippen LogP contribution in [-0.2, 0) is 6.42 Å². The quantitative estimate of drug-likeness (QED) is 0.737. The molecule has 5 heteroatoms. The molecular weight excluding hydrogens is 228 g/mol. The van der Waals surface area contributed by atoms with Crippen LogP contribution in [-0.4, -0.2) is 16.6 Å². The molecule has 92 valence electrons. The lowest BCUT2D eigenvalue weighted by atomic mass is 10.1. The Bertz CT molecular complexity index is 523. The molecule has 0 saturated heterocycles. The average Bonchev–Trinajstić information content (AvgIpc) is 2.36. The summed E-state index contributed by atoms with van der Waals surface area (Å²) >= 11 is 0. The molecule has 0 atom stereocenters. The summed E-state index contributed by atoms with van der Waals surface area (Å²) in [4.78, 5) is 8.19. The topological polar surface area (TPSA) is 82.6 Å². The summed E-state index contributed by atoms with van der Waals surface area (Å²) in [5.41, 5.74) is 0.630. The van der Waals surface area contributed by atoms with Crippen molar-refractivity contribution in [2.24, 2.45) is 5.92 Å². The molecule has 0 aliphatic rings. The van der Waals surface area contributed by atoms with E-state index in [2.05, 4.69) is 16.5 Å². The zero-order valence-corrected chi connectivity index (χ0v) is 10.5. The molecule has 0 amide bonds. The second-order valence-corrected chi connectivity index (χ2v) is 4.09. The molecule has 0 radical (unpaired) electrons. The lowest BCUT2D eigenvalue weighted by molar-refractivity contribution is 0.339. The van der Waals surface area contributed by atoms with Crippen LogP contribution in [0.3, 0.4) is 0 Å². The Kier molecular flexibility index (Phi) is 4.83. The number of rotatable bonds is 5. The van der Waals surface area contributed by atoms with E-state index >= 15 is 0 Å². The largest absolute Gasteiger partial charge is 0.472 e. The van der Waals surface area contributed by atoms with Crippen molar-refractivity contribution in [2.75, 3.05) is 6.61 Å². The van der Waals surface area contributed by atoms with Crippen molar-refractivity contribution in [1.82, 2.24) is 9.97 Å². The van der Waals surface area contributed by atoms with Gasteiger partial charge in [0.25, 0.3) is 0 Å². The van der Waals surface area contributed by atoms with Crippen LogP contribution < -0.4 is 4.74 Å². The van der Waals surface area contributed by atoms with Crippen LogP contribution >= 0.6 is 0 Å². The normalized spacial score (nSPS) is 9.61. The van der Waals surface area contributed by atoms with Gasteiger partial charge in [-0.3, -0.25) is 0 Å². The van der Waals surface area contributed by atoms with Crippen LogP contribution in [0.1, 0.15) is 30.9 Å². The van der Waals surface area contributed by atoms with E-state index < -0.39 is 0 Å². The molecule has 0 bridgehead atoms. The first-order valence-electron chi connectivity index (χ1n) is 5.57. The fourth-order valence-corrected chi connectivity index (χ4v) is 1.38. The van der Waals surface area contributed by atoms with Gasteiger partial charge < -0.3 is 4.74 Å². The maximum atomic E-state index is 8.91. The van der Waals surface area contributed by atoms with Gasteiger partial charge in [0.15, 0.2) is 11.4 Å². The summed E-state index contributed by atoms with van der Waals surface area (Å²) in [5, 5.41) is 17.8. The van der Waals surface area contributed by atoms with Crippen LogP contribution in [0.4, 0.5) is 0 Å². The zero-order chi connectivity index (χ0) is 13.5. The van der Waals surface area contributed by atoms with Gasteiger partial charge in [0.2, 0.25) is 5.88 Å². The van der Waals surface area contributed by atoms with Gasteiger partial charge in [0, 0.05) is 0 Å².